The second kappa shape index (κ2) is 6.31. The van der Waals surface area contributed by atoms with E-state index < -0.39 is 0 Å². The van der Waals surface area contributed by atoms with E-state index in [0.717, 1.165) is 34.1 Å². The molecule has 5 aromatic rings. The molecule has 0 aliphatic rings. The lowest BCUT2D eigenvalue weighted by atomic mass is 10.0. The zero-order valence-corrected chi connectivity index (χ0v) is 15.9. The Hall–Kier alpha value is -2.56. The van der Waals surface area contributed by atoms with Crippen LogP contribution in [0.15, 0.2) is 66.0 Å². The van der Waals surface area contributed by atoms with Gasteiger partial charge in [0.1, 0.15) is 0 Å². The van der Waals surface area contributed by atoms with Gasteiger partial charge in [-0.3, -0.25) is 0 Å². The summed E-state index contributed by atoms with van der Waals surface area (Å²) in [7, 11) is 0. The molecule has 2 aromatic carbocycles. The summed E-state index contributed by atoms with van der Waals surface area (Å²) < 4.78 is 0. The molecule has 126 valence electrons. The van der Waals surface area contributed by atoms with Gasteiger partial charge in [-0.05, 0) is 42.1 Å². The molecule has 0 unspecified atom stereocenters. The Morgan fingerprint density at radius 1 is 0.731 bits per heavy atom. The van der Waals surface area contributed by atoms with Crippen LogP contribution in [0.25, 0.3) is 42.9 Å². The molecule has 4 heteroatoms. The number of nitrogens with zero attached hydrogens (tertiary/aromatic N) is 2. The number of fused-ring (bicyclic) bond motifs is 2. The third kappa shape index (κ3) is 2.54. The first kappa shape index (κ1) is 15.7. The number of aromatic nitrogens is 2. The fourth-order valence-corrected chi connectivity index (χ4v) is 4.97. The average Bonchev–Trinajstić information content (AvgIpc) is 3.37. The minimum atomic E-state index is 0.940. The molecule has 0 fully saturated rings. The zero-order chi connectivity index (χ0) is 17.5. The molecule has 0 atom stereocenters. The lowest BCUT2D eigenvalue weighted by Gasteiger charge is -2.09. The molecule has 0 aliphatic carbocycles. The van der Waals surface area contributed by atoms with Crippen LogP contribution in [0.1, 0.15) is 11.8 Å². The SMILES string of the molecule is CCc1ccc(-c2ccc(-c3cccs3)c3nc4ccccc4nc23)s1. The molecule has 0 saturated heterocycles. The molecule has 3 heterocycles. The third-order valence-electron chi connectivity index (χ3n) is 4.56. The number of hydrogen-bond donors (Lipinski definition) is 0. The molecule has 5 rings (SSSR count). The van der Waals surface area contributed by atoms with Gasteiger partial charge in [0.05, 0.1) is 22.1 Å². The molecule has 0 amide bonds. The number of hydrogen-bond acceptors (Lipinski definition) is 4. The van der Waals surface area contributed by atoms with Crippen LogP contribution in [0, 0.1) is 0 Å². The van der Waals surface area contributed by atoms with Gasteiger partial charge in [0.15, 0.2) is 0 Å². The number of rotatable bonds is 3. The van der Waals surface area contributed by atoms with Crippen LogP contribution in [0.2, 0.25) is 0 Å². The van der Waals surface area contributed by atoms with Gasteiger partial charge in [-0.25, -0.2) is 9.97 Å². The summed E-state index contributed by atoms with van der Waals surface area (Å²) in [5.74, 6) is 0. The molecule has 0 spiro atoms. The highest BCUT2D eigenvalue weighted by atomic mass is 32.1. The van der Waals surface area contributed by atoms with Gasteiger partial charge in [-0.1, -0.05) is 37.3 Å². The number of aryl methyl sites for hydroxylation is 1. The Balaban J connectivity index is 1.86. The van der Waals surface area contributed by atoms with E-state index in [2.05, 4.69) is 48.7 Å². The Kier molecular flexibility index (Phi) is 3.80. The van der Waals surface area contributed by atoms with E-state index in [1.54, 1.807) is 11.3 Å². The number of benzene rings is 2. The second-order valence-corrected chi connectivity index (χ2v) is 8.28. The van der Waals surface area contributed by atoms with Gasteiger partial charge in [-0.2, -0.15) is 0 Å². The van der Waals surface area contributed by atoms with Crippen LogP contribution in [0.3, 0.4) is 0 Å². The molecule has 26 heavy (non-hydrogen) atoms. The topological polar surface area (TPSA) is 25.8 Å². The van der Waals surface area contributed by atoms with Crippen molar-refractivity contribution in [2.45, 2.75) is 13.3 Å². The van der Waals surface area contributed by atoms with E-state index in [1.165, 1.54) is 20.2 Å². The first-order valence-electron chi connectivity index (χ1n) is 8.66. The largest absolute Gasteiger partial charge is 0.244 e. The fourth-order valence-electron chi connectivity index (χ4n) is 3.24. The Morgan fingerprint density at radius 3 is 2.00 bits per heavy atom. The van der Waals surface area contributed by atoms with Crippen LogP contribution in [-0.2, 0) is 6.42 Å². The van der Waals surface area contributed by atoms with Gasteiger partial charge in [0.25, 0.3) is 0 Å². The van der Waals surface area contributed by atoms with Crippen LogP contribution in [-0.4, -0.2) is 9.97 Å². The van der Waals surface area contributed by atoms with Crippen molar-refractivity contribution < 1.29 is 0 Å². The molecule has 0 bridgehead atoms. The maximum atomic E-state index is 5.01. The summed E-state index contributed by atoms with van der Waals surface area (Å²) in [5, 5.41) is 2.11. The van der Waals surface area contributed by atoms with E-state index in [9.17, 15) is 0 Å². The molecule has 0 radical (unpaired) electrons. The zero-order valence-electron chi connectivity index (χ0n) is 14.3. The van der Waals surface area contributed by atoms with Gasteiger partial charge in [0, 0.05) is 25.8 Å². The highest BCUT2D eigenvalue weighted by Crippen LogP contribution is 2.38. The molecule has 0 aliphatic heterocycles. The Bertz CT molecular complexity index is 1220. The summed E-state index contributed by atoms with van der Waals surface area (Å²) in [5.41, 5.74) is 6.17. The van der Waals surface area contributed by atoms with Crippen LogP contribution >= 0.6 is 22.7 Å². The van der Waals surface area contributed by atoms with Gasteiger partial charge in [0.2, 0.25) is 0 Å². The van der Waals surface area contributed by atoms with E-state index >= 15 is 0 Å². The Labute approximate surface area is 159 Å². The monoisotopic (exact) mass is 372 g/mol. The summed E-state index contributed by atoms with van der Waals surface area (Å²) >= 11 is 3.58. The highest BCUT2D eigenvalue weighted by Gasteiger charge is 2.15. The van der Waals surface area contributed by atoms with Crippen molar-refractivity contribution in [3.8, 4) is 20.9 Å². The minimum absolute atomic E-state index is 0.940. The lowest BCUT2D eigenvalue weighted by Crippen LogP contribution is -1.92. The summed E-state index contributed by atoms with van der Waals surface area (Å²) in [6.45, 7) is 2.20. The first-order chi connectivity index (χ1) is 12.8. The van der Waals surface area contributed by atoms with Crippen molar-refractivity contribution in [3.05, 3.63) is 70.9 Å². The Morgan fingerprint density at radius 2 is 1.42 bits per heavy atom. The molecule has 0 saturated carbocycles. The number of para-hydroxylation sites is 2. The molecular weight excluding hydrogens is 356 g/mol. The van der Waals surface area contributed by atoms with Crippen LogP contribution in [0.5, 0.6) is 0 Å². The average molecular weight is 373 g/mol. The lowest BCUT2D eigenvalue weighted by molar-refractivity contribution is 1.19. The smallest absolute Gasteiger partial charge is 0.0987 e. The molecule has 0 N–H and O–H groups in total. The van der Waals surface area contributed by atoms with Gasteiger partial charge < -0.3 is 0 Å². The van der Waals surface area contributed by atoms with Crippen molar-refractivity contribution in [2.75, 3.05) is 0 Å². The maximum Gasteiger partial charge on any atom is 0.0987 e. The summed E-state index contributed by atoms with van der Waals surface area (Å²) in [4.78, 5) is 13.9. The second-order valence-electron chi connectivity index (χ2n) is 6.17. The van der Waals surface area contributed by atoms with E-state index in [4.69, 9.17) is 9.97 Å². The predicted molar refractivity (Wildman–Crippen MR) is 113 cm³/mol. The third-order valence-corrected chi connectivity index (χ3v) is 6.73. The summed E-state index contributed by atoms with van der Waals surface area (Å²) in [6.07, 6.45) is 1.06. The normalized spacial score (nSPS) is 11.4. The van der Waals surface area contributed by atoms with E-state index in [0.29, 0.717) is 0 Å². The van der Waals surface area contributed by atoms with Crippen molar-refractivity contribution in [1.29, 1.82) is 0 Å². The van der Waals surface area contributed by atoms with Crippen LogP contribution < -0.4 is 0 Å². The van der Waals surface area contributed by atoms with Crippen LogP contribution in [0.4, 0.5) is 0 Å². The van der Waals surface area contributed by atoms with E-state index in [-0.39, 0.29) is 0 Å². The van der Waals surface area contributed by atoms with Gasteiger partial charge >= 0.3 is 0 Å². The maximum absolute atomic E-state index is 5.01. The van der Waals surface area contributed by atoms with Crippen molar-refractivity contribution in [1.82, 2.24) is 9.97 Å². The molecule has 2 nitrogen and oxygen atoms in total. The molecular formula is C22H16N2S2. The summed E-state index contributed by atoms with van der Waals surface area (Å²) in [6, 6.07) is 21.2. The highest BCUT2D eigenvalue weighted by molar-refractivity contribution is 7.15. The van der Waals surface area contributed by atoms with Crippen molar-refractivity contribution in [3.63, 3.8) is 0 Å². The van der Waals surface area contributed by atoms with E-state index in [1.807, 2.05) is 35.6 Å². The van der Waals surface area contributed by atoms with Gasteiger partial charge in [-0.15, -0.1) is 22.7 Å². The minimum Gasteiger partial charge on any atom is -0.244 e. The first-order valence-corrected chi connectivity index (χ1v) is 10.4. The fraction of sp³-hybridized carbons (Fsp3) is 0.0909. The number of thiophene rings is 2. The predicted octanol–water partition coefficient (Wildman–Crippen LogP) is 6.80. The molecule has 3 aromatic heterocycles. The quantitative estimate of drug-likeness (QED) is 0.325. The van der Waals surface area contributed by atoms with Crippen molar-refractivity contribution >= 4 is 44.7 Å². The standard InChI is InChI=1S/C22H16N2S2/c1-2-14-9-12-20(26-14)16-11-10-15(19-8-5-13-25-19)21-22(16)24-18-7-4-3-6-17(18)23-21/h3-13H,2H2,1H3. The van der Waals surface area contributed by atoms with Crippen molar-refractivity contribution in [2.24, 2.45) is 0 Å².